The van der Waals surface area contributed by atoms with Crippen LogP contribution in [-0.4, -0.2) is 45.0 Å². The lowest BCUT2D eigenvalue weighted by Gasteiger charge is -2.18. The summed E-state index contributed by atoms with van der Waals surface area (Å²) < 4.78 is 8.51. The molecule has 0 spiro atoms. The topological polar surface area (TPSA) is 68.8 Å². The van der Waals surface area contributed by atoms with Crippen LogP contribution in [0.25, 0.3) is 16.9 Å². The molecule has 0 saturated carbocycles. The first kappa shape index (κ1) is 19.9. The average molecular weight is 406 g/mol. The number of hydrogen-bond donors (Lipinski definition) is 0. The second-order valence-corrected chi connectivity index (χ2v) is 7.51. The fraction of sp³-hybridized carbons (Fsp3) is 0.348. The fourth-order valence-electron chi connectivity index (χ4n) is 3.92. The zero-order valence-electron chi connectivity index (χ0n) is 17.2. The summed E-state index contributed by atoms with van der Waals surface area (Å²) in [7, 11) is 1.61. The lowest BCUT2D eigenvalue weighted by Crippen LogP contribution is -2.32. The Bertz CT molecular complexity index is 1120. The van der Waals surface area contributed by atoms with Gasteiger partial charge in [0, 0.05) is 37.6 Å². The number of aromatic nitrogens is 3. The third-order valence-corrected chi connectivity index (χ3v) is 5.53. The van der Waals surface area contributed by atoms with E-state index in [9.17, 15) is 9.59 Å². The van der Waals surface area contributed by atoms with Crippen LogP contribution in [0.15, 0.2) is 54.1 Å². The molecule has 0 bridgehead atoms. The summed E-state index contributed by atoms with van der Waals surface area (Å²) in [5.41, 5.74) is 1.89. The number of rotatable bonds is 5. The molecule has 0 aliphatic carbocycles. The van der Waals surface area contributed by atoms with Gasteiger partial charge in [-0.05, 0) is 37.1 Å². The maximum atomic E-state index is 13.2. The third-order valence-electron chi connectivity index (χ3n) is 5.53. The molecule has 3 aromatic rings. The number of nitrogens with zero attached hydrogens (tertiary/aromatic N) is 4. The number of hydrogen-bond acceptors (Lipinski definition) is 4. The van der Waals surface area contributed by atoms with Gasteiger partial charge in [-0.2, -0.15) is 0 Å². The largest absolute Gasteiger partial charge is 0.497 e. The van der Waals surface area contributed by atoms with Crippen molar-refractivity contribution in [2.45, 2.75) is 32.2 Å². The number of allylic oxidation sites excluding steroid dienone is 1. The normalized spacial score (nSPS) is 14.5. The van der Waals surface area contributed by atoms with E-state index in [2.05, 4.69) is 11.6 Å². The van der Waals surface area contributed by atoms with Gasteiger partial charge in [0.05, 0.1) is 12.8 Å². The Morgan fingerprint density at radius 1 is 1.13 bits per heavy atom. The SMILES string of the molecule is C=CCn1c(-c2ccc(OC)cc2)cn2cc(C(=O)N3CCCCCC3)nc2c1=O. The van der Waals surface area contributed by atoms with E-state index >= 15 is 0 Å². The molecule has 1 aliphatic rings. The van der Waals surface area contributed by atoms with Crippen LogP contribution in [-0.2, 0) is 6.54 Å². The molecule has 0 atom stereocenters. The summed E-state index contributed by atoms with van der Waals surface area (Å²) in [5, 5.41) is 0. The Morgan fingerprint density at radius 2 is 1.83 bits per heavy atom. The zero-order chi connectivity index (χ0) is 21.1. The summed E-state index contributed by atoms with van der Waals surface area (Å²) in [6.07, 6.45) is 9.49. The van der Waals surface area contributed by atoms with Crippen molar-refractivity contribution in [3.05, 3.63) is 65.4 Å². The van der Waals surface area contributed by atoms with Crippen LogP contribution in [0.1, 0.15) is 36.2 Å². The predicted molar refractivity (Wildman–Crippen MR) is 116 cm³/mol. The molecule has 0 N–H and O–H groups in total. The van der Waals surface area contributed by atoms with Gasteiger partial charge in [0.2, 0.25) is 5.65 Å². The number of fused-ring (bicyclic) bond motifs is 1. The maximum Gasteiger partial charge on any atom is 0.295 e. The maximum absolute atomic E-state index is 13.2. The molecule has 7 nitrogen and oxygen atoms in total. The summed E-state index contributed by atoms with van der Waals surface area (Å²) in [6, 6.07) is 7.51. The van der Waals surface area contributed by atoms with E-state index in [1.807, 2.05) is 35.4 Å². The van der Waals surface area contributed by atoms with Crippen molar-refractivity contribution >= 4 is 11.6 Å². The number of ether oxygens (including phenoxy) is 1. The number of carbonyl (C=O) groups is 1. The first-order valence-corrected chi connectivity index (χ1v) is 10.3. The van der Waals surface area contributed by atoms with Gasteiger partial charge >= 0.3 is 0 Å². The van der Waals surface area contributed by atoms with Gasteiger partial charge in [0.1, 0.15) is 11.4 Å². The smallest absolute Gasteiger partial charge is 0.295 e. The Kier molecular flexibility index (Phi) is 5.70. The van der Waals surface area contributed by atoms with Gasteiger partial charge in [-0.3, -0.25) is 18.6 Å². The van der Waals surface area contributed by atoms with Crippen molar-refractivity contribution in [1.82, 2.24) is 18.9 Å². The number of amides is 1. The van der Waals surface area contributed by atoms with Crippen LogP contribution >= 0.6 is 0 Å². The van der Waals surface area contributed by atoms with Crippen LogP contribution < -0.4 is 10.3 Å². The van der Waals surface area contributed by atoms with E-state index in [0.29, 0.717) is 12.2 Å². The van der Waals surface area contributed by atoms with Crippen molar-refractivity contribution in [2.75, 3.05) is 20.2 Å². The van der Waals surface area contributed by atoms with Crippen LogP contribution in [0.5, 0.6) is 5.75 Å². The second-order valence-electron chi connectivity index (χ2n) is 7.51. The molecule has 1 saturated heterocycles. The van der Waals surface area contributed by atoms with E-state index in [1.165, 1.54) is 0 Å². The molecule has 2 aromatic heterocycles. The summed E-state index contributed by atoms with van der Waals surface area (Å²) in [6.45, 7) is 5.60. The molecule has 156 valence electrons. The summed E-state index contributed by atoms with van der Waals surface area (Å²) >= 11 is 0. The number of carbonyl (C=O) groups excluding carboxylic acids is 1. The van der Waals surface area contributed by atoms with Gasteiger partial charge in [-0.1, -0.05) is 18.9 Å². The quantitative estimate of drug-likeness (QED) is 0.609. The molecule has 7 heteroatoms. The fourth-order valence-corrected chi connectivity index (χ4v) is 3.92. The standard InChI is InChI=1S/C23H26N4O3/c1-3-12-27-20(17-8-10-18(30-2)11-9-17)16-26-15-19(24-21(26)23(27)29)22(28)25-13-6-4-5-7-14-25/h3,8-11,15-16H,1,4-7,12-14H2,2H3. The van der Waals surface area contributed by atoms with Crippen molar-refractivity contribution in [1.29, 1.82) is 0 Å². The van der Waals surface area contributed by atoms with Crippen molar-refractivity contribution in [3.63, 3.8) is 0 Å². The van der Waals surface area contributed by atoms with Gasteiger partial charge in [0.25, 0.3) is 11.5 Å². The molecule has 3 heterocycles. The van der Waals surface area contributed by atoms with E-state index in [1.54, 1.807) is 28.4 Å². The minimum absolute atomic E-state index is 0.110. The van der Waals surface area contributed by atoms with Gasteiger partial charge in [0.15, 0.2) is 0 Å². The zero-order valence-corrected chi connectivity index (χ0v) is 17.2. The van der Waals surface area contributed by atoms with Gasteiger partial charge < -0.3 is 9.64 Å². The first-order valence-electron chi connectivity index (χ1n) is 10.3. The van der Waals surface area contributed by atoms with Crippen LogP contribution in [0.3, 0.4) is 0 Å². The number of benzene rings is 1. The Balaban J connectivity index is 1.79. The van der Waals surface area contributed by atoms with Crippen molar-refractivity contribution < 1.29 is 9.53 Å². The molecule has 4 rings (SSSR count). The third kappa shape index (κ3) is 3.75. The molecule has 0 unspecified atom stereocenters. The molecule has 30 heavy (non-hydrogen) atoms. The number of methoxy groups -OCH3 is 1. The van der Waals surface area contributed by atoms with Gasteiger partial charge in [-0.25, -0.2) is 4.98 Å². The van der Waals surface area contributed by atoms with E-state index < -0.39 is 0 Å². The van der Waals surface area contributed by atoms with Crippen LogP contribution in [0.2, 0.25) is 0 Å². The molecule has 1 aliphatic heterocycles. The minimum atomic E-state index is -0.252. The van der Waals surface area contributed by atoms with E-state index in [0.717, 1.165) is 55.8 Å². The second kappa shape index (κ2) is 8.57. The highest BCUT2D eigenvalue weighted by molar-refractivity contribution is 5.93. The Labute approximate surface area is 175 Å². The lowest BCUT2D eigenvalue weighted by atomic mass is 10.1. The molecule has 1 aromatic carbocycles. The van der Waals surface area contributed by atoms with Crippen molar-refractivity contribution in [2.24, 2.45) is 0 Å². The van der Waals surface area contributed by atoms with Crippen LogP contribution in [0.4, 0.5) is 0 Å². The number of imidazole rings is 1. The first-order chi connectivity index (χ1) is 14.6. The highest BCUT2D eigenvalue weighted by Gasteiger charge is 2.22. The monoisotopic (exact) mass is 406 g/mol. The Hall–Kier alpha value is -3.35. The molecular weight excluding hydrogens is 380 g/mol. The summed E-state index contributed by atoms with van der Waals surface area (Å²) in [4.78, 5) is 32.4. The Morgan fingerprint density at radius 3 is 2.47 bits per heavy atom. The molecule has 1 amide bonds. The van der Waals surface area contributed by atoms with Crippen molar-refractivity contribution in [3.8, 4) is 17.0 Å². The highest BCUT2D eigenvalue weighted by Crippen LogP contribution is 2.22. The molecule has 1 fully saturated rings. The van der Waals surface area contributed by atoms with Gasteiger partial charge in [-0.15, -0.1) is 6.58 Å². The lowest BCUT2D eigenvalue weighted by molar-refractivity contribution is 0.0756. The molecular formula is C23H26N4O3. The predicted octanol–water partition coefficient (Wildman–Crippen LogP) is 3.37. The van der Waals surface area contributed by atoms with E-state index in [-0.39, 0.29) is 17.1 Å². The average Bonchev–Trinajstić information content (AvgIpc) is 3.01. The number of likely N-dealkylation sites (tertiary alicyclic amines) is 1. The summed E-state index contributed by atoms with van der Waals surface area (Å²) in [5.74, 6) is 0.631. The molecule has 0 radical (unpaired) electrons. The van der Waals surface area contributed by atoms with Crippen LogP contribution in [0, 0.1) is 0 Å². The minimum Gasteiger partial charge on any atom is -0.497 e. The highest BCUT2D eigenvalue weighted by atomic mass is 16.5. The van der Waals surface area contributed by atoms with E-state index in [4.69, 9.17) is 4.74 Å².